The van der Waals surface area contributed by atoms with E-state index in [1.54, 1.807) is 0 Å². The van der Waals surface area contributed by atoms with E-state index in [9.17, 15) is 48.3 Å². The van der Waals surface area contributed by atoms with E-state index in [1.165, 1.54) is 75.6 Å². The summed E-state index contributed by atoms with van der Waals surface area (Å²) in [7, 11) is 1.44. The molecule has 0 spiro atoms. The topological polar surface area (TPSA) is 254 Å². The van der Waals surface area contributed by atoms with Crippen LogP contribution in [0.4, 0.5) is 0 Å². The molecule has 0 aromatic carbocycles. The highest BCUT2D eigenvalue weighted by atomic mass is 16.3. The maximum absolute atomic E-state index is 13.1. The second-order valence-corrected chi connectivity index (χ2v) is 14.3. The number of hydrogen-bond donors (Lipinski definition) is 6. The maximum Gasteiger partial charge on any atom is 0.245 e. The zero-order valence-electron chi connectivity index (χ0n) is 33.2. The van der Waals surface area contributed by atoms with Crippen molar-refractivity contribution in [2.24, 2.45) is 5.73 Å². The lowest BCUT2D eigenvalue weighted by molar-refractivity contribution is -0.141. The second kappa shape index (κ2) is 27.2. The number of ketones is 1. The molecule has 1 rings (SSSR count). The van der Waals surface area contributed by atoms with Crippen LogP contribution >= 0.6 is 0 Å². The fourth-order valence-electron chi connectivity index (χ4n) is 6.34. The van der Waals surface area contributed by atoms with Crippen LogP contribution in [0.15, 0.2) is 0 Å². The van der Waals surface area contributed by atoms with Gasteiger partial charge in [0.25, 0.3) is 0 Å². The van der Waals surface area contributed by atoms with Crippen LogP contribution in [-0.4, -0.2) is 125 Å². The number of nitrogens with zero attached hydrogens (tertiary/aromatic N) is 2. The first-order valence-electron chi connectivity index (χ1n) is 19.8. The maximum atomic E-state index is 13.1. The lowest BCUT2D eigenvalue weighted by Crippen LogP contribution is -2.56. The van der Waals surface area contributed by atoms with Crippen LogP contribution in [0, 0.1) is 0 Å². The molecule has 0 aliphatic carbocycles. The molecule has 1 fully saturated rings. The van der Waals surface area contributed by atoms with E-state index >= 15 is 0 Å². The van der Waals surface area contributed by atoms with Gasteiger partial charge in [-0.3, -0.25) is 38.4 Å². The Morgan fingerprint density at radius 1 is 0.800 bits per heavy atom. The van der Waals surface area contributed by atoms with Gasteiger partial charge in [-0.2, -0.15) is 0 Å². The number of Topliss-reactive ketones (excluding diaryl/α,β-unsaturated/α-hetero) is 1. The summed E-state index contributed by atoms with van der Waals surface area (Å²) in [4.78, 5) is 114. The van der Waals surface area contributed by atoms with E-state index in [0.29, 0.717) is 25.5 Å². The van der Waals surface area contributed by atoms with E-state index in [-0.39, 0.29) is 38.3 Å². The third-order valence-corrected chi connectivity index (χ3v) is 9.78. The summed E-state index contributed by atoms with van der Waals surface area (Å²) < 4.78 is 0. The van der Waals surface area contributed by atoms with Crippen LogP contribution in [-0.2, 0) is 43.2 Å². The third-order valence-electron chi connectivity index (χ3n) is 9.78. The Hall–Kier alpha value is -4.41. The number of amides is 7. The van der Waals surface area contributed by atoms with Crippen LogP contribution in [0.2, 0.25) is 0 Å². The number of nitrogens with two attached hydrogens (primary N) is 1. The zero-order chi connectivity index (χ0) is 41.3. The van der Waals surface area contributed by atoms with Crippen molar-refractivity contribution in [2.45, 2.75) is 160 Å². The number of likely N-dealkylation sites (N-methyl/N-ethyl adjacent to an activating group) is 1. The average Bonchev–Trinajstić information content (AvgIpc) is 3.65. The van der Waals surface area contributed by atoms with Gasteiger partial charge < -0.3 is 46.7 Å². The number of carbonyl (C=O) groups excluding carboxylic acids is 9. The number of carbonyl (C=O) groups is 9. The number of unbranched alkanes of at least 4 members (excludes halogenated alkanes) is 10. The van der Waals surface area contributed by atoms with Crippen molar-refractivity contribution in [3.8, 4) is 0 Å². The molecule has 1 heterocycles. The predicted octanol–water partition coefficient (Wildman–Crippen LogP) is 0.532. The second-order valence-electron chi connectivity index (χ2n) is 14.3. The minimum absolute atomic E-state index is 0.241. The summed E-state index contributed by atoms with van der Waals surface area (Å²) in [6.45, 7) is 4.27. The fourth-order valence-corrected chi connectivity index (χ4v) is 6.34. The molecule has 7 amide bonds. The molecule has 1 aliphatic rings. The minimum atomic E-state index is -1.37. The summed E-state index contributed by atoms with van der Waals surface area (Å²) in [6, 6.07) is -5.66. The monoisotopic (exact) mass is 779 g/mol. The lowest BCUT2D eigenvalue weighted by Gasteiger charge is -2.27. The predicted molar refractivity (Wildman–Crippen MR) is 204 cm³/mol. The molecule has 1 saturated heterocycles. The Bertz CT molecular complexity index is 1300. The number of aliphatic hydroxyl groups excluding tert-OH is 1. The van der Waals surface area contributed by atoms with Gasteiger partial charge in [0, 0.05) is 32.9 Å². The van der Waals surface area contributed by atoms with Gasteiger partial charge in [0.2, 0.25) is 41.4 Å². The van der Waals surface area contributed by atoms with Gasteiger partial charge in [0.1, 0.15) is 30.5 Å². The molecule has 17 nitrogen and oxygen atoms in total. The first kappa shape index (κ1) is 48.6. The number of nitrogens with one attached hydrogen (secondary N) is 4. The van der Waals surface area contributed by atoms with Gasteiger partial charge >= 0.3 is 0 Å². The first-order valence-corrected chi connectivity index (χ1v) is 19.8. The Labute approximate surface area is 325 Å². The highest BCUT2D eigenvalue weighted by Crippen LogP contribution is 2.20. The molecule has 1 aliphatic heterocycles. The fraction of sp³-hybridized carbons (Fsp3) is 0.763. The summed E-state index contributed by atoms with van der Waals surface area (Å²) in [5, 5.41) is 19.5. The zero-order valence-corrected chi connectivity index (χ0v) is 33.2. The number of aliphatic hydroxyl groups is 1. The van der Waals surface area contributed by atoms with E-state index in [1.807, 2.05) is 0 Å². The molecule has 5 atom stereocenters. The Kier molecular flexibility index (Phi) is 24.1. The van der Waals surface area contributed by atoms with Gasteiger partial charge in [0.15, 0.2) is 5.78 Å². The van der Waals surface area contributed by atoms with E-state index in [2.05, 4.69) is 28.2 Å². The molecule has 0 unspecified atom stereocenters. The van der Waals surface area contributed by atoms with Crippen molar-refractivity contribution >= 4 is 53.4 Å². The minimum Gasteiger partial charge on any atom is -0.394 e. The standard InChI is InChI=1S/C38H65N7O10/c1-5-6-7-8-9-10-11-12-13-14-15-18-33(50)44(4)30(25-47)38(55)41-26(2)31(48)19-20-34(51)45-22-16-17-29(45)37(54)42-27(3)35(52)43-28(24-32(39)49)36(53)40-21-23-46/h23,26-30,47H,5-22,24-25H2,1-4H3,(H2,39,49)(H,40,53)(H,41,55)(H,42,54)(H,43,52)/t26-,27+,28+,29+,30-/m1/s1. The van der Waals surface area contributed by atoms with Gasteiger partial charge in [-0.25, -0.2) is 0 Å². The quantitative estimate of drug-likeness (QED) is 0.0454. The van der Waals surface area contributed by atoms with E-state index in [4.69, 9.17) is 5.73 Å². The molecule has 0 aromatic heterocycles. The van der Waals surface area contributed by atoms with Crippen LogP contribution in [0.3, 0.4) is 0 Å². The molecule has 55 heavy (non-hydrogen) atoms. The summed E-state index contributed by atoms with van der Waals surface area (Å²) in [5.74, 6) is -5.03. The number of rotatable bonds is 29. The largest absolute Gasteiger partial charge is 0.394 e. The number of aldehydes is 1. The van der Waals surface area contributed by atoms with Crippen LogP contribution in [0.5, 0.6) is 0 Å². The molecule has 312 valence electrons. The molecule has 0 bridgehead atoms. The Morgan fingerprint density at radius 2 is 1.40 bits per heavy atom. The smallest absolute Gasteiger partial charge is 0.245 e. The SMILES string of the molecule is CCCCCCCCCCCCCC(=O)N(C)[C@H](CO)C(=O)N[C@H](C)C(=O)CCC(=O)N1CCC[C@H]1C(=O)N[C@@H](C)C(=O)N[C@@H](CC(N)=O)C(=O)NCC=O. The van der Waals surface area contributed by atoms with Crippen molar-refractivity contribution in [3.63, 3.8) is 0 Å². The molecule has 0 radical (unpaired) electrons. The Balaban J connectivity index is 2.55. The Morgan fingerprint density at radius 3 is 1.96 bits per heavy atom. The van der Waals surface area contributed by atoms with Crippen LogP contribution in [0.25, 0.3) is 0 Å². The van der Waals surface area contributed by atoms with Crippen molar-refractivity contribution in [3.05, 3.63) is 0 Å². The lowest BCUT2D eigenvalue weighted by atomic mass is 10.0. The molecular weight excluding hydrogens is 714 g/mol. The highest BCUT2D eigenvalue weighted by molar-refractivity contribution is 5.97. The highest BCUT2D eigenvalue weighted by Gasteiger charge is 2.36. The average molecular weight is 780 g/mol. The molecule has 0 aromatic rings. The number of primary amides is 1. The number of likely N-dealkylation sites (tertiary alicyclic amines) is 1. The molecule has 17 heteroatoms. The summed E-state index contributed by atoms with van der Waals surface area (Å²) in [6.07, 6.45) is 13.0. The normalized spacial score (nSPS) is 15.9. The van der Waals surface area contributed by atoms with Crippen molar-refractivity contribution in [2.75, 3.05) is 26.7 Å². The van der Waals surface area contributed by atoms with Crippen molar-refractivity contribution in [1.82, 2.24) is 31.1 Å². The molecular formula is C38H65N7O10. The van der Waals surface area contributed by atoms with Gasteiger partial charge in [-0.05, 0) is 33.1 Å². The van der Waals surface area contributed by atoms with Crippen molar-refractivity contribution < 1.29 is 48.3 Å². The van der Waals surface area contributed by atoms with Crippen molar-refractivity contribution in [1.29, 1.82) is 0 Å². The summed E-state index contributed by atoms with van der Waals surface area (Å²) >= 11 is 0. The third kappa shape index (κ3) is 18.7. The van der Waals surface area contributed by atoms with Crippen LogP contribution in [0.1, 0.15) is 130 Å². The summed E-state index contributed by atoms with van der Waals surface area (Å²) in [5.41, 5.74) is 5.17. The number of hydrogen-bond acceptors (Lipinski definition) is 10. The first-order chi connectivity index (χ1) is 26.2. The van der Waals surface area contributed by atoms with Gasteiger partial charge in [-0.1, -0.05) is 71.1 Å². The molecule has 7 N–H and O–H groups in total. The molecule has 0 saturated carbocycles. The van der Waals surface area contributed by atoms with E-state index < -0.39 is 84.5 Å². The van der Waals surface area contributed by atoms with Gasteiger partial charge in [-0.15, -0.1) is 0 Å². The van der Waals surface area contributed by atoms with E-state index in [0.717, 1.165) is 19.3 Å². The van der Waals surface area contributed by atoms with Gasteiger partial charge in [0.05, 0.1) is 25.6 Å². The van der Waals surface area contributed by atoms with Crippen LogP contribution < -0.4 is 27.0 Å².